The van der Waals surface area contributed by atoms with Gasteiger partial charge in [0.1, 0.15) is 5.82 Å². The van der Waals surface area contributed by atoms with Crippen LogP contribution in [0, 0.1) is 5.82 Å². The van der Waals surface area contributed by atoms with Crippen molar-refractivity contribution in [3.8, 4) is 0 Å². The van der Waals surface area contributed by atoms with Crippen LogP contribution in [0.5, 0.6) is 0 Å². The minimum atomic E-state index is -0.940. The summed E-state index contributed by atoms with van der Waals surface area (Å²) in [4.78, 5) is 23.8. The van der Waals surface area contributed by atoms with Crippen LogP contribution in [0.15, 0.2) is 41.2 Å². The van der Waals surface area contributed by atoms with Gasteiger partial charge in [0.2, 0.25) is 0 Å². The van der Waals surface area contributed by atoms with E-state index >= 15 is 0 Å². The van der Waals surface area contributed by atoms with Crippen LogP contribution in [0.1, 0.15) is 4.88 Å². The summed E-state index contributed by atoms with van der Waals surface area (Å²) in [5, 5.41) is 10.2. The normalized spacial score (nSPS) is 11.1. The second-order valence-electron chi connectivity index (χ2n) is 4.46. The molecule has 0 atom stereocenters. The first kappa shape index (κ1) is 12.7. The molecule has 3 aromatic rings. The standard InChI is InChI=1S/C15H9FO3S/c16-9-3-1-8-2-4-13-12(15(19)11(8)5-9)6-10(20-13)7-14(17)18/h1-6H,7H2,(H,17,18). The number of carboxylic acid groups (broad SMARTS) is 1. The predicted octanol–water partition coefficient (Wildman–Crippen LogP) is 3.18. The highest BCUT2D eigenvalue weighted by Gasteiger charge is 2.09. The number of aliphatic carboxylic acids is 1. The number of hydrogen-bond acceptors (Lipinski definition) is 3. The Bertz CT molecular complexity index is 899. The largest absolute Gasteiger partial charge is 0.481 e. The summed E-state index contributed by atoms with van der Waals surface area (Å²) in [6.45, 7) is 0. The van der Waals surface area contributed by atoms with E-state index in [2.05, 4.69) is 0 Å². The zero-order valence-corrected chi connectivity index (χ0v) is 11.0. The van der Waals surface area contributed by atoms with Crippen molar-refractivity contribution >= 4 is 38.2 Å². The molecule has 3 nitrogen and oxygen atoms in total. The maximum atomic E-state index is 13.3. The van der Waals surface area contributed by atoms with E-state index in [4.69, 9.17) is 5.11 Å². The van der Waals surface area contributed by atoms with E-state index in [-0.39, 0.29) is 11.8 Å². The molecule has 1 N–H and O–H groups in total. The molecule has 5 heteroatoms. The lowest BCUT2D eigenvalue weighted by atomic mass is 10.1. The summed E-state index contributed by atoms with van der Waals surface area (Å²) in [7, 11) is 0. The number of thiophene rings is 1. The number of rotatable bonds is 2. The van der Waals surface area contributed by atoms with Crippen LogP contribution in [-0.4, -0.2) is 11.1 Å². The number of carboxylic acids is 1. The van der Waals surface area contributed by atoms with Crippen molar-refractivity contribution < 1.29 is 14.3 Å². The van der Waals surface area contributed by atoms with Crippen LogP contribution >= 0.6 is 11.3 Å². The summed E-state index contributed by atoms with van der Waals surface area (Å²) in [5.41, 5.74) is -0.271. The summed E-state index contributed by atoms with van der Waals surface area (Å²) < 4.78 is 14.0. The lowest BCUT2D eigenvalue weighted by molar-refractivity contribution is -0.136. The van der Waals surface area contributed by atoms with Crippen molar-refractivity contribution in [1.29, 1.82) is 0 Å². The van der Waals surface area contributed by atoms with Gasteiger partial charge in [0.25, 0.3) is 0 Å². The van der Waals surface area contributed by atoms with Crippen molar-refractivity contribution in [3.05, 3.63) is 57.3 Å². The fourth-order valence-electron chi connectivity index (χ4n) is 2.18. The summed E-state index contributed by atoms with van der Waals surface area (Å²) in [6, 6.07) is 9.19. The minimum Gasteiger partial charge on any atom is -0.481 e. The molecule has 0 unspecified atom stereocenters. The first-order valence-electron chi connectivity index (χ1n) is 5.91. The summed E-state index contributed by atoms with van der Waals surface area (Å²) >= 11 is 1.27. The van der Waals surface area contributed by atoms with Crippen LogP contribution in [0.2, 0.25) is 0 Å². The van der Waals surface area contributed by atoms with E-state index in [1.165, 1.54) is 23.5 Å². The molecule has 0 aliphatic heterocycles. The highest BCUT2D eigenvalue weighted by molar-refractivity contribution is 7.19. The van der Waals surface area contributed by atoms with E-state index in [0.717, 1.165) is 0 Å². The van der Waals surface area contributed by atoms with Gasteiger partial charge in [0.05, 0.1) is 6.42 Å². The first-order chi connectivity index (χ1) is 9.54. The Kier molecular flexibility index (Phi) is 2.99. The second-order valence-corrected chi connectivity index (χ2v) is 5.62. The van der Waals surface area contributed by atoms with Crippen LogP contribution in [0.25, 0.3) is 20.9 Å². The molecule has 3 rings (SSSR count). The Morgan fingerprint density at radius 1 is 1.15 bits per heavy atom. The fraction of sp³-hybridized carbons (Fsp3) is 0.0667. The molecule has 0 radical (unpaired) electrons. The molecule has 0 fully saturated rings. The zero-order chi connectivity index (χ0) is 14.3. The lowest BCUT2D eigenvalue weighted by Gasteiger charge is -1.91. The monoisotopic (exact) mass is 288 g/mol. The lowest BCUT2D eigenvalue weighted by Crippen LogP contribution is -1.99. The smallest absolute Gasteiger partial charge is 0.308 e. The van der Waals surface area contributed by atoms with Gasteiger partial charge in [-0.15, -0.1) is 11.3 Å². The molecule has 0 aliphatic carbocycles. The second kappa shape index (κ2) is 4.68. The van der Waals surface area contributed by atoms with Crippen molar-refractivity contribution in [1.82, 2.24) is 0 Å². The molecule has 100 valence electrons. The molecule has 0 bridgehead atoms. The molecule has 0 amide bonds. The van der Waals surface area contributed by atoms with Gasteiger partial charge in [-0.3, -0.25) is 9.59 Å². The van der Waals surface area contributed by atoms with Crippen LogP contribution in [0.3, 0.4) is 0 Å². The molecule has 0 aliphatic rings. The van der Waals surface area contributed by atoms with Crippen molar-refractivity contribution in [2.45, 2.75) is 6.42 Å². The Labute approximate surface area is 116 Å². The first-order valence-corrected chi connectivity index (χ1v) is 6.73. The Hall–Kier alpha value is -2.27. The topological polar surface area (TPSA) is 54.4 Å². The average Bonchev–Trinajstić information content (AvgIpc) is 2.73. The average molecular weight is 288 g/mol. The third-order valence-corrected chi connectivity index (χ3v) is 4.16. The highest BCUT2D eigenvalue weighted by atomic mass is 32.1. The van der Waals surface area contributed by atoms with Gasteiger partial charge in [-0.05, 0) is 29.7 Å². The molecular weight excluding hydrogens is 279 g/mol. The third kappa shape index (κ3) is 2.16. The number of benzene rings is 1. The zero-order valence-electron chi connectivity index (χ0n) is 10.2. The molecule has 1 heterocycles. The predicted molar refractivity (Wildman–Crippen MR) is 76.9 cm³/mol. The Morgan fingerprint density at radius 3 is 2.65 bits per heavy atom. The third-order valence-electron chi connectivity index (χ3n) is 3.06. The van der Waals surface area contributed by atoms with Gasteiger partial charge in [-0.2, -0.15) is 0 Å². The van der Waals surface area contributed by atoms with Crippen LogP contribution in [0.4, 0.5) is 4.39 Å². The minimum absolute atomic E-state index is 0.116. The number of fused-ring (bicyclic) bond motifs is 2. The number of carbonyl (C=O) groups is 1. The van der Waals surface area contributed by atoms with E-state index in [0.29, 0.717) is 25.7 Å². The van der Waals surface area contributed by atoms with E-state index in [1.807, 2.05) is 0 Å². The summed E-state index contributed by atoms with van der Waals surface area (Å²) in [5.74, 6) is -1.40. The van der Waals surface area contributed by atoms with Gasteiger partial charge in [0, 0.05) is 20.3 Å². The maximum absolute atomic E-state index is 13.3. The van der Waals surface area contributed by atoms with Gasteiger partial charge in [-0.1, -0.05) is 12.1 Å². The SMILES string of the molecule is O=C(O)Cc1cc2c(=O)c3cc(F)ccc3ccc2s1. The van der Waals surface area contributed by atoms with Crippen LogP contribution in [-0.2, 0) is 11.2 Å². The fourth-order valence-corrected chi connectivity index (χ4v) is 3.23. The van der Waals surface area contributed by atoms with E-state index < -0.39 is 11.8 Å². The Balaban J connectivity index is 2.36. The van der Waals surface area contributed by atoms with E-state index in [1.54, 1.807) is 24.3 Å². The molecule has 0 spiro atoms. The Morgan fingerprint density at radius 2 is 1.90 bits per heavy atom. The number of halogens is 1. The van der Waals surface area contributed by atoms with Gasteiger partial charge in [-0.25, -0.2) is 4.39 Å². The van der Waals surface area contributed by atoms with Crippen molar-refractivity contribution in [3.63, 3.8) is 0 Å². The maximum Gasteiger partial charge on any atom is 0.308 e. The van der Waals surface area contributed by atoms with Crippen LogP contribution < -0.4 is 5.43 Å². The highest BCUT2D eigenvalue weighted by Crippen LogP contribution is 2.25. The van der Waals surface area contributed by atoms with E-state index in [9.17, 15) is 14.0 Å². The molecule has 0 saturated carbocycles. The quantitative estimate of drug-likeness (QED) is 0.788. The summed E-state index contributed by atoms with van der Waals surface area (Å²) in [6.07, 6.45) is -0.116. The van der Waals surface area contributed by atoms with Gasteiger partial charge in [0.15, 0.2) is 5.43 Å². The number of hydrogen-bond donors (Lipinski definition) is 1. The molecule has 1 aromatic heterocycles. The molecule has 20 heavy (non-hydrogen) atoms. The molecule has 0 saturated heterocycles. The van der Waals surface area contributed by atoms with Crippen molar-refractivity contribution in [2.24, 2.45) is 0 Å². The molecular formula is C15H9FO3S. The van der Waals surface area contributed by atoms with Gasteiger partial charge >= 0.3 is 5.97 Å². The molecule has 2 aromatic carbocycles. The van der Waals surface area contributed by atoms with Gasteiger partial charge < -0.3 is 5.11 Å². The van der Waals surface area contributed by atoms with Crippen molar-refractivity contribution in [2.75, 3.05) is 0 Å².